The quantitative estimate of drug-likeness (QED) is 0.683. The highest BCUT2D eigenvalue weighted by Crippen LogP contribution is 2.28. The maximum Gasteiger partial charge on any atom is 0.134 e. The molecule has 0 aliphatic heterocycles. The summed E-state index contributed by atoms with van der Waals surface area (Å²) in [7, 11) is 0. The van der Waals surface area contributed by atoms with E-state index in [-0.39, 0.29) is 0 Å². The number of nitrogens with one attached hydrogen (secondary N) is 1. The van der Waals surface area contributed by atoms with Crippen molar-refractivity contribution in [3.8, 4) is 11.3 Å². The van der Waals surface area contributed by atoms with Gasteiger partial charge in [-0.2, -0.15) is 0 Å². The molecule has 1 N–H and O–H groups in total. The van der Waals surface area contributed by atoms with Gasteiger partial charge in [-0.05, 0) is 60.1 Å². The Labute approximate surface area is 117 Å². The third-order valence-electron chi connectivity index (χ3n) is 3.12. The Balaban J connectivity index is 1.81. The van der Waals surface area contributed by atoms with Gasteiger partial charge in [-0.3, -0.25) is 0 Å². The molecule has 0 spiro atoms. The van der Waals surface area contributed by atoms with Crippen molar-refractivity contribution in [2.75, 3.05) is 6.54 Å². The number of rotatable bonds is 5. The summed E-state index contributed by atoms with van der Waals surface area (Å²) in [5, 5.41) is 6.75. The Morgan fingerprint density at radius 1 is 1.16 bits per heavy atom. The molecular formula is C16H17NOS. The fourth-order valence-corrected chi connectivity index (χ4v) is 2.91. The number of hydrogen-bond acceptors (Lipinski definition) is 3. The largest absolute Gasteiger partial charge is 0.460 e. The van der Waals surface area contributed by atoms with Gasteiger partial charge >= 0.3 is 0 Å². The Bertz CT molecular complexity index is 668. The van der Waals surface area contributed by atoms with Crippen molar-refractivity contribution >= 4 is 21.4 Å². The molecule has 2 aromatic heterocycles. The lowest BCUT2D eigenvalue weighted by Gasteiger charge is -2.00. The van der Waals surface area contributed by atoms with E-state index in [0.717, 1.165) is 36.6 Å². The molecule has 2 nitrogen and oxygen atoms in total. The monoisotopic (exact) mass is 271 g/mol. The molecule has 0 aliphatic carbocycles. The van der Waals surface area contributed by atoms with Crippen LogP contribution in [0.3, 0.4) is 0 Å². The molecule has 3 aromatic rings. The Kier molecular flexibility index (Phi) is 3.67. The fraction of sp³-hybridized carbons (Fsp3) is 0.250. The first-order valence-corrected chi connectivity index (χ1v) is 7.52. The van der Waals surface area contributed by atoms with Crippen LogP contribution in [0.15, 0.2) is 46.2 Å². The normalized spacial score (nSPS) is 11.2. The van der Waals surface area contributed by atoms with E-state index in [1.807, 2.05) is 0 Å². The summed E-state index contributed by atoms with van der Waals surface area (Å²) in [6.45, 7) is 3.99. The van der Waals surface area contributed by atoms with Crippen LogP contribution in [-0.4, -0.2) is 6.54 Å². The minimum atomic E-state index is 0.800. The smallest absolute Gasteiger partial charge is 0.134 e. The molecule has 3 heteroatoms. The molecule has 19 heavy (non-hydrogen) atoms. The first kappa shape index (κ1) is 12.5. The molecule has 0 saturated heterocycles. The molecule has 0 amide bonds. The second-order valence-corrected chi connectivity index (χ2v) is 5.56. The van der Waals surface area contributed by atoms with Crippen molar-refractivity contribution in [1.29, 1.82) is 0 Å². The maximum absolute atomic E-state index is 5.88. The molecule has 0 atom stereocenters. The third kappa shape index (κ3) is 2.72. The second-order valence-electron chi connectivity index (χ2n) is 4.62. The van der Waals surface area contributed by atoms with Gasteiger partial charge in [0.2, 0.25) is 0 Å². The lowest BCUT2D eigenvalue weighted by Crippen LogP contribution is -2.12. The van der Waals surface area contributed by atoms with Crippen LogP contribution in [0.5, 0.6) is 0 Å². The number of fused-ring (bicyclic) bond motifs is 1. The van der Waals surface area contributed by atoms with E-state index in [4.69, 9.17) is 4.42 Å². The van der Waals surface area contributed by atoms with Crippen LogP contribution >= 0.6 is 11.3 Å². The molecule has 98 valence electrons. The van der Waals surface area contributed by atoms with Crippen molar-refractivity contribution in [1.82, 2.24) is 5.32 Å². The first-order valence-electron chi connectivity index (χ1n) is 6.64. The predicted octanol–water partition coefficient (Wildman–Crippen LogP) is 4.66. The van der Waals surface area contributed by atoms with Crippen LogP contribution in [0.1, 0.15) is 19.1 Å². The number of benzene rings is 1. The summed E-state index contributed by atoms with van der Waals surface area (Å²) in [4.78, 5) is 0. The van der Waals surface area contributed by atoms with Crippen molar-refractivity contribution in [3.05, 3.63) is 47.5 Å². The standard InChI is InChI=1S/C16H17NOS/c1-2-8-17-11-14-4-5-15(18-14)12-3-6-16-13(10-12)7-9-19-16/h3-7,9-10,17H,2,8,11H2,1H3. The topological polar surface area (TPSA) is 25.2 Å². The van der Waals surface area contributed by atoms with Crippen LogP contribution in [0.25, 0.3) is 21.4 Å². The summed E-state index contributed by atoms with van der Waals surface area (Å²) in [6, 6.07) is 12.7. The zero-order valence-electron chi connectivity index (χ0n) is 11.0. The summed E-state index contributed by atoms with van der Waals surface area (Å²) in [5.74, 6) is 1.94. The Hall–Kier alpha value is -1.58. The molecule has 0 bridgehead atoms. The van der Waals surface area contributed by atoms with Crippen LogP contribution in [-0.2, 0) is 6.54 Å². The molecule has 1 aromatic carbocycles. The van der Waals surface area contributed by atoms with Gasteiger partial charge in [-0.15, -0.1) is 11.3 Å². The Morgan fingerprint density at radius 2 is 2.11 bits per heavy atom. The van der Waals surface area contributed by atoms with Crippen LogP contribution in [0.4, 0.5) is 0 Å². The van der Waals surface area contributed by atoms with Gasteiger partial charge in [0.05, 0.1) is 6.54 Å². The van der Waals surface area contributed by atoms with Crippen molar-refractivity contribution in [2.24, 2.45) is 0 Å². The van der Waals surface area contributed by atoms with Crippen LogP contribution < -0.4 is 5.32 Å². The zero-order chi connectivity index (χ0) is 13.1. The maximum atomic E-state index is 5.88. The fourth-order valence-electron chi connectivity index (χ4n) is 2.14. The van der Waals surface area contributed by atoms with Gasteiger partial charge in [0.15, 0.2) is 0 Å². The summed E-state index contributed by atoms with van der Waals surface area (Å²) >= 11 is 1.77. The first-order chi connectivity index (χ1) is 9.36. The van der Waals surface area contributed by atoms with E-state index in [9.17, 15) is 0 Å². The van der Waals surface area contributed by atoms with E-state index >= 15 is 0 Å². The zero-order valence-corrected chi connectivity index (χ0v) is 11.8. The molecule has 0 radical (unpaired) electrons. The van der Waals surface area contributed by atoms with Gasteiger partial charge in [0, 0.05) is 10.3 Å². The summed E-state index contributed by atoms with van der Waals surface area (Å²) < 4.78 is 7.20. The number of thiophene rings is 1. The average Bonchev–Trinajstić information content (AvgIpc) is 3.06. The highest BCUT2D eigenvalue weighted by atomic mass is 32.1. The molecular weight excluding hydrogens is 254 g/mol. The van der Waals surface area contributed by atoms with Gasteiger partial charge in [0.25, 0.3) is 0 Å². The second kappa shape index (κ2) is 5.59. The average molecular weight is 271 g/mol. The molecule has 0 unspecified atom stereocenters. The van der Waals surface area contributed by atoms with E-state index < -0.39 is 0 Å². The van der Waals surface area contributed by atoms with E-state index in [0.29, 0.717) is 0 Å². The van der Waals surface area contributed by atoms with Gasteiger partial charge in [-0.1, -0.05) is 6.92 Å². The highest BCUT2D eigenvalue weighted by Gasteiger charge is 2.05. The molecule has 0 fully saturated rings. The van der Waals surface area contributed by atoms with Crippen molar-refractivity contribution in [3.63, 3.8) is 0 Å². The number of hydrogen-bond donors (Lipinski definition) is 1. The molecule has 2 heterocycles. The van der Waals surface area contributed by atoms with E-state index in [1.165, 1.54) is 10.1 Å². The third-order valence-corrected chi connectivity index (χ3v) is 4.02. The lowest BCUT2D eigenvalue weighted by molar-refractivity contribution is 0.493. The SMILES string of the molecule is CCCNCc1ccc(-c2ccc3sccc3c2)o1. The minimum Gasteiger partial charge on any atom is -0.460 e. The van der Waals surface area contributed by atoms with Gasteiger partial charge < -0.3 is 9.73 Å². The molecule has 3 rings (SSSR count). The van der Waals surface area contributed by atoms with Crippen molar-refractivity contribution < 1.29 is 4.42 Å². The summed E-state index contributed by atoms with van der Waals surface area (Å²) in [5.41, 5.74) is 1.15. The highest BCUT2D eigenvalue weighted by molar-refractivity contribution is 7.17. The summed E-state index contributed by atoms with van der Waals surface area (Å²) in [6.07, 6.45) is 1.14. The van der Waals surface area contributed by atoms with Gasteiger partial charge in [-0.25, -0.2) is 0 Å². The number of furan rings is 1. The van der Waals surface area contributed by atoms with E-state index in [1.54, 1.807) is 11.3 Å². The predicted molar refractivity (Wildman–Crippen MR) is 81.5 cm³/mol. The van der Waals surface area contributed by atoms with Crippen LogP contribution in [0, 0.1) is 0 Å². The van der Waals surface area contributed by atoms with Gasteiger partial charge in [0.1, 0.15) is 11.5 Å². The lowest BCUT2D eigenvalue weighted by atomic mass is 10.1. The molecule has 0 saturated carbocycles. The van der Waals surface area contributed by atoms with Crippen LogP contribution in [0.2, 0.25) is 0 Å². The van der Waals surface area contributed by atoms with Crippen molar-refractivity contribution in [2.45, 2.75) is 19.9 Å². The molecule has 0 aliphatic rings. The minimum absolute atomic E-state index is 0.800. The Morgan fingerprint density at radius 3 is 3.00 bits per heavy atom. The van der Waals surface area contributed by atoms with E-state index in [2.05, 4.69) is 54.0 Å².